The summed E-state index contributed by atoms with van der Waals surface area (Å²) in [6, 6.07) is -0.381. The number of piperazine rings is 1. The highest BCUT2D eigenvalue weighted by Crippen LogP contribution is 1.95. The molecule has 3 atom stereocenters. The second-order valence-electron chi connectivity index (χ2n) is 4.21. The lowest BCUT2D eigenvalue weighted by atomic mass is 10.2. The summed E-state index contributed by atoms with van der Waals surface area (Å²) >= 11 is 0. The van der Waals surface area contributed by atoms with Gasteiger partial charge in [-0.25, -0.2) is 0 Å². The van der Waals surface area contributed by atoms with Crippen LogP contribution in [0.1, 0.15) is 13.3 Å². The summed E-state index contributed by atoms with van der Waals surface area (Å²) in [6.07, 6.45) is 2.33. The van der Waals surface area contributed by atoms with E-state index in [1.54, 1.807) is 6.26 Å². The van der Waals surface area contributed by atoms with Gasteiger partial charge in [0.2, 0.25) is 11.8 Å². The van der Waals surface area contributed by atoms with Crippen LogP contribution < -0.4 is 16.0 Å². The van der Waals surface area contributed by atoms with E-state index in [2.05, 4.69) is 16.0 Å². The zero-order valence-electron chi connectivity index (χ0n) is 10.1. The molecule has 1 rings (SSSR count). The molecule has 6 nitrogen and oxygen atoms in total. The van der Waals surface area contributed by atoms with Crippen LogP contribution in [0.4, 0.5) is 0 Å². The van der Waals surface area contributed by atoms with Crippen molar-refractivity contribution < 1.29 is 13.8 Å². The number of rotatable bonds is 5. The van der Waals surface area contributed by atoms with Crippen molar-refractivity contribution in [3.8, 4) is 0 Å². The first-order chi connectivity index (χ1) is 7.99. The van der Waals surface area contributed by atoms with Crippen molar-refractivity contribution in [1.29, 1.82) is 0 Å². The van der Waals surface area contributed by atoms with Gasteiger partial charge in [0.25, 0.3) is 0 Å². The molecular formula is C10H19N3O3S. The van der Waals surface area contributed by atoms with E-state index in [1.165, 1.54) is 0 Å². The Balaban J connectivity index is 2.28. The van der Waals surface area contributed by atoms with Crippen LogP contribution >= 0.6 is 0 Å². The van der Waals surface area contributed by atoms with Crippen molar-refractivity contribution in [2.24, 2.45) is 0 Å². The van der Waals surface area contributed by atoms with Crippen molar-refractivity contribution in [2.75, 3.05) is 25.1 Å². The highest BCUT2D eigenvalue weighted by atomic mass is 32.2. The van der Waals surface area contributed by atoms with Gasteiger partial charge in [0.05, 0.1) is 6.54 Å². The third-order valence-corrected chi connectivity index (χ3v) is 3.37. The van der Waals surface area contributed by atoms with Crippen molar-refractivity contribution >= 4 is 22.6 Å². The van der Waals surface area contributed by atoms with Gasteiger partial charge in [0, 0.05) is 35.4 Å². The predicted octanol–water partition coefficient (Wildman–Crippen LogP) is -1.65. The Morgan fingerprint density at radius 1 is 1.65 bits per heavy atom. The smallest absolute Gasteiger partial charge is 0.239 e. The monoisotopic (exact) mass is 261 g/mol. The Labute approximate surface area is 103 Å². The molecule has 0 bridgehead atoms. The highest BCUT2D eigenvalue weighted by molar-refractivity contribution is 7.84. The fraction of sp³-hybridized carbons (Fsp3) is 0.800. The van der Waals surface area contributed by atoms with Crippen molar-refractivity contribution in [3.63, 3.8) is 0 Å². The van der Waals surface area contributed by atoms with Crippen LogP contribution in [0.2, 0.25) is 0 Å². The first-order valence-corrected chi connectivity index (χ1v) is 7.32. The summed E-state index contributed by atoms with van der Waals surface area (Å²) in [5, 5.41) is 8.31. The highest BCUT2D eigenvalue weighted by Gasteiger charge is 2.24. The lowest BCUT2D eigenvalue weighted by Gasteiger charge is -2.24. The van der Waals surface area contributed by atoms with Gasteiger partial charge in [-0.2, -0.15) is 0 Å². The van der Waals surface area contributed by atoms with E-state index in [0.29, 0.717) is 18.7 Å². The molecular weight excluding hydrogens is 242 g/mol. The van der Waals surface area contributed by atoms with Gasteiger partial charge in [-0.05, 0) is 13.3 Å². The number of hydrogen-bond acceptors (Lipinski definition) is 4. The topological polar surface area (TPSA) is 87.3 Å². The molecule has 0 saturated carbocycles. The standard InChI is InChI=1S/C10H19N3O3S/c1-7(3-4-17(2)16)13-10(15)8-5-12-9(14)6-11-8/h7-8,11H,3-6H2,1-2H3,(H,12,14)(H,13,15). The number of nitrogens with one attached hydrogen (secondary N) is 3. The van der Waals surface area contributed by atoms with E-state index < -0.39 is 10.8 Å². The molecule has 17 heavy (non-hydrogen) atoms. The van der Waals surface area contributed by atoms with Gasteiger partial charge >= 0.3 is 0 Å². The van der Waals surface area contributed by atoms with Crippen LogP contribution in [0.3, 0.4) is 0 Å². The minimum Gasteiger partial charge on any atom is -0.353 e. The number of amides is 2. The zero-order chi connectivity index (χ0) is 12.8. The van der Waals surface area contributed by atoms with E-state index in [0.717, 1.165) is 0 Å². The minimum atomic E-state index is -0.834. The molecule has 1 aliphatic rings. The fourth-order valence-electron chi connectivity index (χ4n) is 1.51. The summed E-state index contributed by atoms with van der Waals surface area (Å²) in [5.74, 6) is 0.360. The second-order valence-corrected chi connectivity index (χ2v) is 5.77. The third-order valence-electron chi connectivity index (χ3n) is 2.56. The Bertz CT molecular complexity index is 312. The Hall–Kier alpha value is -0.950. The molecule has 0 aromatic heterocycles. The van der Waals surface area contributed by atoms with Crippen LogP contribution in [0.25, 0.3) is 0 Å². The molecule has 7 heteroatoms. The average Bonchev–Trinajstić information content (AvgIpc) is 2.27. The van der Waals surface area contributed by atoms with E-state index in [1.807, 2.05) is 6.92 Å². The SMILES string of the molecule is CC(CCS(C)=O)NC(=O)C1CNC(=O)CN1. The number of hydrogen-bond donors (Lipinski definition) is 3. The molecule has 3 N–H and O–H groups in total. The molecule has 1 fully saturated rings. The van der Waals surface area contributed by atoms with Gasteiger partial charge < -0.3 is 10.6 Å². The van der Waals surface area contributed by atoms with Crippen LogP contribution in [0.5, 0.6) is 0 Å². The fourth-order valence-corrected chi connectivity index (χ4v) is 2.20. The lowest BCUT2D eigenvalue weighted by Crippen LogP contribution is -2.58. The van der Waals surface area contributed by atoms with Crippen molar-refractivity contribution in [3.05, 3.63) is 0 Å². The maximum absolute atomic E-state index is 11.8. The summed E-state index contributed by atoms with van der Waals surface area (Å²) in [7, 11) is -0.834. The molecule has 3 unspecified atom stereocenters. The molecule has 0 aromatic rings. The van der Waals surface area contributed by atoms with Gasteiger partial charge in [-0.1, -0.05) is 0 Å². The third kappa shape index (κ3) is 5.27. The van der Waals surface area contributed by atoms with E-state index in [4.69, 9.17) is 0 Å². The number of carbonyl (C=O) groups is 2. The molecule has 0 radical (unpaired) electrons. The first-order valence-electron chi connectivity index (χ1n) is 5.59. The van der Waals surface area contributed by atoms with Gasteiger partial charge in [0.1, 0.15) is 6.04 Å². The van der Waals surface area contributed by atoms with E-state index >= 15 is 0 Å². The Morgan fingerprint density at radius 3 is 2.88 bits per heavy atom. The summed E-state index contributed by atoms with van der Waals surface area (Å²) < 4.78 is 10.9. The van der Waals surface area contributed by atoms with Gasteiger partial charge in [0.15, 0.2) is 0 Å². The Kier molecular flexibility index (Phi) is 5.57. The van der Waals surface area contributed by atoms with Crippen molar-refractivity contribution in [1.82, 2.24) is 16.0 Å². The first kappa shape index (κ1) is 14.1. The normalized spacial score (nSPS) is 23.6. The van der Waals surface area contributed by atoms with Crippen molar-refractivity contribution in [2.45, 2.75) is 25.4 Å². The molecule has 98 valence electrons. The number of carbonyl (C=O) groups excluding carboxylic acids is 2. The molecule has 1 heterocycles. The zero-order valence-corrected chi connectivity index (χ0v) is 10.9. The van der Waals surface area contributed by atoms with Crippen LogP contribution in [-0.4, -0.2) is 53.2 Å². The molecule has 0 spiro atoms. The molecule has 1 aliphatic heterocycles. The summed E-state index contributed by atoms with van der Waals surface area (Å²) in [5.41, 5.74) is 0. The quantitative estimate of drug-likeness (QED) is 0.553. The van der Waals surface area contributed by atoms with Crippen LogP contribution in [0, 0.1) is 0 Å². The van der Waals surface area contributed by atoms with Gasteiger partial charge in [-0.15, -0.1) is 0 Å². The minimum absolute atomic E-state index is 0.00849. The van der Waals surface area contributed by atoms with E-state index in [9.17, 15) is 13.8 Å². The average molecular weight is 261 g/mol. The van der Waals surface area contributed by atoms with Gasteiger partial charge in [-0.3, -0.25) is 19.1 Å². The Morgan fingerprint density at radius 2 is 2.35 bits per heavy atom. The second kappa shape index (κ2) is 6.70. The maximum atomic E-state index is 11.8. The predicted molar refractivity (Wildman–Crippen MR) is 66.0 cm³/mol. The molecule has 0 aromatic carbocycles. The molecule has 0 aliphatic carbocycles. The maximum Gasteiger partial charge on any atom is 0.239 e. The van der Waals surface area contributed by atoms with Crippen LogP contribution in [0.15, 0.2) is 0 Å². The van der Waals surface area contributed by atoms with E-state index in [-0.39, 0.29) is 30.4 Å². The summed E-state index contributed by atoms with van der Waals surface area (Å²) in [4.78, 5) is 22.7. The largest absolute Gasteiger partial charge is 0.353 e. The molecule has 1 saturated heterocycles. The summed E-state index contributed by atoms with van der Waals surface area (Å²) in [6.45, 7) is 2.37. The lowest BCUT2D eigenvalue weighted by molar-refractivity contribution is -0.126. The molecule has 2 amide bonds. The van der Waals surface area contributed by atoms with Crippen LogP contribution in [-0.2, 0) is 20.4 Å².